The van der Waals surface area contributed by atoms with Crippen LogP contribution in [0.2, 0.25) is 0 Å². The number of nitrogens with one attached hydrogen (secondary N) is 1. The van der Waals surface area contributed by atoms with Crippen LogP contribution in [0, 0.1) is 0 Å². The van der Waals surface area contributed by atoms with Crippen LogP contribution < -0.4 is 14.8 Å². The van der Waals surface area contributed by atoms with Crippen molar-refractivity contribution in [1.29, 1.82) is 0 Å². The maximum absolute atomic E-state index is 6.02. The van der Waals surface area contributed by atoms with Crippen LogP contribution in [0.25, 0.3) is 0 Å². The third-order valence-electron chi connectivity index (χ3n) is 3.92. The lowest BCUT2D eigenvalue weighted by Crippen LogP contribution is -2.41. The molecule has 2 fully saturated rings. The van der Waals surface area contributed by atoms with Crippen molar-refractivity contribution < 1.29 is 14.2 Å². The van der Waals surface area contributed by atoms with Gasteiger partial charge in [-0.05, 0) is 39.8 Å². The minimum absolute atomic E-state index is 0.00458. The summed E-state index contributed by atoms with van der Waals surface area (Å²) in [6, 6.07) is 0. The summed E-state index contributed by atoms with van der Waals surface area (Å²) in [7, 11) is 0. The van der Waals surface area contributed by atoms with E-state index in [4.69, 9.17) is 14.2 Å². The quantitative estimate of drug-likeness (QED) is 0.908. The second-order valence-electron chi connectivity index (χ2n) is 6.05. The van der Waals surface area contributed by atoms with E-state index < -0.39 is 0 Å². The van der Waals surface area contributed by atoms with Gasteiger partial charge < -0.3 is 19.5 Å². The molecule has 21 heavy (non-hydrogen) atoms. The zero-order valence-corrected chi connectivity index (χ0v) is 12.7. The summed E-state index contributed by atoms with van der Waals surface area (Å²) in [5, 5.41) is 3.37. The predicted octanol–water partition coefficient (Wildman–Crippen LogP) is 1.55. The van der Waals surface area contributed by atoms with Gasteiger partial charge in [-0.2, -0.15) is 4.98 Å². The van der Waals surface area contributed by atoms with Gasteiger partial charge in [0.15, 0.2) is 0 Å². The van der Waals surface area contributed by atoms with Crippen LogP contribution in [0.4, 0.5) is 0 Å². The van der Waals surface area contributed by atoms with Crippen molar-refractivity contribution >= 4 is 0 Å². The Morgan fingerprint density at radius 2 is 2.05 bits per heavy atom. The maximum atomic E-state index is 6.02. The topological polar surface area (TPSA) is 65.5 Å². The minimum Gasteiger partial charge on any atom is -0.474 e. The van der Waals surface area contributed by atoms with Crippen LogP contribution in [-0.2, 0) is 4.74 Å². The minimum atomic E-state index is -0.00458. The van der Waals surface area contributed by atoms with Crippen molar-refractivity contribution in [2.24, 2.45) is 0 Å². The molecular weight excluding hydrogens is 270 g/mol. The van der Waals surface area contributed by atoms with Gasteiger partial charge in [0.25, 0.3) is 0 Å². The van der Waals surface area contributed by atoms with Crippen molar-refractivity contribution in [1.82, 2.24) is 15.3 Å². The smallest absolute Gasteiger partial charge is 0.235 e. The first-order valence-electron chi connectivity index (χ1n) is 7.65. The summed E-state index contributed by atoms with van der Waals surface area (Å²) in [6.45, 7) is 6.58. The average Bonchev–Trinajstić information content (AvgIpc) is 2.82. The van der Waals surface area contributed by atoms with Crippen LogP contribution in [0.3, 0.4) is 0 Å². The second kappa shape index (κ2) is 6.15. The molecule has 3 heterocycles. The molecule has 2 aliphatic heterocycles. The van der Waals surface area contributed by atoms with Crippen LogP contribution in [0.5, 0.6) is 11.8 Å². The summed E-state index contributed by atoms with van der Waals surface area (Å²) < 4.78 is 17.5. The van der Waals surface area contributed by atoms with Gasteiger partial charge in [-0.15, -0.1) is 0 Å². The van der Waals surface area contributed by atoms with E-state index in [0.29, 0.717) is 18.4 Å². The summed E-state index contributed by atoms with van der Waals surface area (Å²) in [4.78, 5) is 8.46. The van der Waals surface area contributed by atoms with Gasteiger partial charge in [0, 0.05) is 6.42 Å². The Balaban J connectivity index is 1.59. The second-order valence-corrected chi connectivity index (χ2v) is 6.05. The Labute approximate surface area is 125 Å². The molecule has 6 heteroatoms. The highest BCUT2D eigenvalue weighted by Crippen LogP contribution is 2.35. The van der Waals surface area contributed by atoms with E-state index in [1.807, 2.05) is 13.8 Å². The molecule has 6 nitrogen and oxygen atoms in total. The van der Waals surface area contributed by atoms with Gasteiger partial charge in [0.05, 0.1) is 30.7 Å². The highest BCUT2D eigenvalue weighted by atomic mass is 16.6. The number of hydrogen-bond donors (Lipinski definition) is 1. The summed E-state index contributed by atoms with van der Waals surface area (Å²) in [6.07, 6.45) is 6.37. The molecule has 1 spiro atoms. The summed E-state index contributed by atoms with van der Waals surface area (Å²) in [5.41, 5.74) is -0.00458. The van der Waals surface area contributed by atoms with Gasteiger partial charge in [0.1, 0.15) is 6.10 Å². The van der Waals surface area contributed by atoms with Crippen LogP contribution >= 0.6 is 0 Å². The molecule has 0 amide bonds. The first-order chi connectivity index (χ1) is 10.2. The van der Waals surface area contributed by atoms with Gasteiger partial charge in [-0.1, -0.05) is 0 Å². The lowest BCUT2D eigenvalue weighted by atomic mass is 9.89. The Morgan fingerprint density at radius 3 is 2.81 bits per heavy atom. The Kier molecular flexibility index (Phi) is 4.26. The number of rotatable bonds is 4. The van der Waals surface area contributed by atoms with Crippen molar-refractivity contribution in [3.63, 3.8) is 0 Å². The van der Waals surface area contributed by atoms with Crippen molar-refractivity contribution in [2.75, 3.05) is 19.7 Å². The first-order valence-corrected chi connectivity index (χ1v) is 7.65. The molecule has 1 N–H and O–H groups in total. The molecule has 0 radical (unpaired) electrons. The third-order valence-corrected chi connectivity index (χ3v) is 3.92. The lowest BCUT2D eigenvalue weighted by Gasteiger charge is -2.32. The summed E-state index contributed by atoms with van der Waals surface area (Å²) >= 11 is 0. The van der Waals surface area contributed by atoms with E-state index >= 15 is 0 Å². The Bertz CT molecular complexity index is 475. The molecule has 2 saturated heterocycles. The predicted molar refractivity (Wildman–Crippen MR) is 77.6 cm³/mol. The number of ether oxygens (including phenoxy) is 3. The van der Waals surface area contributed by atoms with Crippen LogP contribution in [0.1, 0.15) is 33.1 Å². The molecule has 1 aromatic rings. The number of aromatic nitrogens is 2. The van der Waals surface area contributed by atoms with Crippen molar-refractivity contribution in [2.45, 2.75) is 50.9 Å². The molecule has 2 aliphatic rings. The third kappa shape index (κ3) is 3.63. The SMILES string of the molecule is CC(C)Oc1cncc(OC2COC3(CCNCC3)C2)n1. The fourth-order valence-electron chi connectivity index (χ4n) is 2.97. The maximum Gasteiger partial charge on any atom is 0.235 e. The van der Waals surface area contributed by atoms with Crippen LogP contribution in [-0.4, -0.2) is 47.5 Å². The molecule has 116 valence electrons. The average molecular weight is 293 g/mol. The molecule has 1 aromatic heterocycles. The molecule has 3 rings (SSSR count). The first kappa shape index (κ1) is 14.5. The van der Waals surface area contributed by atoms with E-state index in [2.05, 4.69) is 15.3 Å². The monoisotopic (exact) mass is 293 g/mol. The van der Waals surface area contributed by atoms with Gasteiger partial charge in [0.2, 0.25) is 11.8 Å². The van der Waals surface area contributed by atoms with E-state index in [-0.39, 0.29) is 17.8 Å². The molecule has 1 atom stereocenters. The molecule has 0 aromatic carbocycles. The largest absolute Gasteiger partial charge is 0.474 e. The highest BCUT2D eigenvalue weighted by Gasteiger charge is 2.42. The summed E-state index contributed by atoms with van der Waals surface area (Å²) in [5.74, 6) is 1.01. The van der Waals surface area contributed by atoms with E-state index in [9.17, 15) is 0 Å². The molecular formula is C15H23N3O3. The van der Waals surface area contributed by atoms with Gasteiger partial charge >= 0.3 is 0 Å². The Hall–Kier alpha value is -1.40. The highest BCUT2D eigenvalue weighted by molar-refractivity contribution is 5.13. The zero-order chi connectivity index (χ0) is 14.7. The van der Waals surface area contributed by atoms with Gasteiger partial charge in [-0.3, -0.25) is 4.98 Å². The molecule has 1 unspecified atom stereocenters. The van der Waals surface area contributed by atoms with Crippen molar-refractivity contribution in [3.8, 4) is 11.8 Å². The van der Waals surface area contributed by atoms with Gasteiger partial charge in [-0.25, -0.2) is 0 Å². The number of nitrogens with zero attached hydrogens (tertiary/aromatic N) is 2. The van der Waals surface area contributed by atoms with Crippen molar-refractivity contribution in [3.05, 3.63) is 12.4 Å². The number of piperidine rings is 1. The van der Waals surface area contributed by atoms with E-state index in [0.717, 1.165) is 32.4 Å². The van der Waals surface area contributed by atoms with E-state index in [1.54, 1.807) is 12.4 Å². The normalized spacial score (nSPS) is 24.4. The van der Waals surface area contributed by atoms with E-state index in [1.165, 1.54) is 0 Å². The zero-order valence-electron chi connectivity index (χ0n) is 12.7. The fraction of sp³-hybridized carbons (Fsp3) is 0.733. The molecule has 0 bridgehead atoms. The van der Waals surface area contributed by atoms with Crippen LogP contribution in [0.15, 0.2) is 12.4 Å². The fourth-order valence-corrected chi connectivity index (χ4v) is 2.97. The Morgan fingerprint density at radius 1 is 1.29 bits per heavy atom. The lowest BCUT2D eigenvalue weighted by molar-refractivity contribution is -0.0206. The molecule has 0 aliphatic carbocycles. The standard InChI is InChI=1S/C15H23N3O3/c1-11(2)20-13-8-17-9-14(18-13)21-12-7-15(19-10-12)3-5-16-6-4-15/h8-9,11-12,16H,3-7,10H2,1-2H3. The number of hydrogen-bond acceptors (Lipinski definition) is 6. The molecule has 0 saturated carbocycles.